The van der Waals surface area contributed by atoms with Crippen molar-refractivity contribution in [2.45, 2.75) is 52.5 Å². The van der Waals surface area contributed by atoms with E-state index in [1.54, 1.807) is 0 Å². The summed E-state index contributed by atoms with van der Waals surface area (Å²) >= 11 is 0. The Morgan fingerprint density at radius 1 is 1.26 bits per heavy atom. The van der Waals surface area contributed by atoms with Crippen molar-refractivity contribution in [3.8, 4) is 0 Å². The number of anilines is 1. The Kier molecular flexibility index (Phi) is 4.87. The topological polar surface area (TPSA) is 15.3 Å². The molecule has 1 aromatic rings. The predicted octanol–water partition coefficient (Wildman–Crippen LogP) is 3.70. The van der Waals surface area contributed by atoms with Gasteiger partial charge in [-0.3, -0.25) is 0 Å². The molecule has 19 heavy (non-hydrogen) atoms. The van der Waals surface area contributed by atoms with E-state index < -0.39 is 0 Å². The molecule has 0 bridgehead atoms. The van der Waals surface area contributed by atoms with Crippen LogP contribution in [0.5, 0.6) is 0 Å². The average molecular weight is 260 g/mol. The molecule has 2 nitrogen and oxygen atoms in total. The molecule has 0 unspecified atom stereocenters. The monoisotopic (exact) mass is 260 g/mol. The third-order valence-electron chi connectivity index (χ3n) is 4.19. The maximum Gasteiger partial charge on any atom is 0.0431 e. The third-order valence-corrected chi connectivity index (χ3v) is 4.19. The zero-order valence-electron chi connectivity index (χ0n) is 12.9. The molecule has 0 radical (unpaired) electrons. The summed E-state index contributed by atoms with van der Waals surface area (Å²) in [7, 11) is 0. The molecule has 2 heteroatoms. The molecule has 0 spiro atoms. The normalized spacial score (nSPS) is 17.2. The van der Waals surface area contributed by atoms with Crippen molar-refractivity contribution in [1.29, 1.82) is 0 Å². The van der Waals surface area contributed by atoms with E-state index in [4.69, 9.17) is 0 Å². The average Bonchev–Trinajstić information content (AvgIpc) is 2.40. The minimum Gasteiger partial charge on any atom is -0.371 e. The molecule has 0 atom stereocenters. The van der Waals surface area contributed by atoms with Gasteiger partial charge < -0.3 is 10.2 Å². The van der Waals surface area contributed by atoms with Gasteiger partial charge in [0.2, 0.25) is 0 Å². The second-order valence-electron chi connectivity index (χ2n) is 5.99. The van der Waals surface area contributed by atoms with Crippen LogP contribution < -0.4 is 10.2 Å². The van der Waals surface area contributed by atoms with Crippen molar-refractivity contribution >= 4 is 5.69 Å². The fourth-order valence-electron chi connectivity index (χ4n) is 3.18. The molecule has 1 heterocycles. The maximum atomic E-state index is 3.58. The lowest BCUT2D eigenvalue weighted by atomic mass is 9.95. The number of para-hydroxylation sites is 1. The molecule has 2 rings (SSSR count). The van der Waals surface area contributed by atoms with E-state index in [9.17, 15) is 0 Å². The summed E-state index contributed by atoms with van der Waals surface area (Å²) < 4.78 is 0. The van der Waals surface area contributed by atoms with E-state index in [1.165, 1.54) is 42.7 Å². The highest BCUT2D eigenvalue weighted by Crippen LogP contribution is 2.32. The van der Waals surface area contributed by atoms with E-state index in [0.29, 0.717) is 12.0 Å². The number of benzene rings is 1. The predicted molar refractivity (Wildman–Crippen MR) is 84.2 cm³/mol. The van der Waals surface area contributed by atoms with Crippen LogP contribution >= 0.6 is 0 Å². The Morgan fingerprint density at radius 2 is 1.95 bits per heavy atom. The smallest absolute Gasteiger partial charge is 0.0431 e. The van der Waals surface area contributed by atoms with Crippen LogP contribution in [0.2, 0.25) is 0 Å². The van der Waals surface area contributed by atoms with E-state index >= 15 is 0 Å². The van der Waals surface area contributed by atoms with Crippen molar-refractivity contribution in [2.75, 3.05) is 24.5 Å². The van der Waals surface area contributed by atoms with Gasteiger partial charge in [-0.25, -0.2) is 0 Å². The highest BCUT2D eigenvalue weighted by molar-refractivity contribution is 5.60. The van der Waals surface area contributed by atoms with Crippen molar-refractivity contribution in [3.05, 3.63) is 29.3 Å². The van der Waals surface area contributed by atoms with Gasteiger partial charge in [0, 0.05) is 24.8 Å². The minimum absolute atomic E-state index is 0.599. The maximum absolute atomic E-state index is 3.58. The van der Waals surface area contributed by atoms with Crippen molar-refractivity contribution in [2.24, 2.45) is 0 Å². The number of nitrogens with one attached hydrogen (secondary N) is 1. The summed E-state index contributed by atoms with van der Waals surface area (Å²) in [5.74, 6) is 0.599. The molecule has 0 amide bonds. The quantitative estimate of drug-likeness (QED) is 0.888. The van der Waals surface area contributed by atoms with Gasteiger partial charge in [-0.15, -0.1) is 0 Å². The molecular weight excluding hydrogens is 232 g/mol. The van der Waals surface area contributed by atoms with Crippen LogP contribution in [-0.4, -0.2) is 25.7 Å². The van der Waals surface area contributed by atoms with E-state index in [1.807, 2.05) is 0 Å². The van der Waals surface area contributed by atoms with E-state index in [-0.39, 0.29) is 0 Å². The molecular formula is C17H28N2. The molecule has 1 N–H and O–H groups in total. The van der Waals surface area contributed by atoms with Gasteiger partial charge >= 0.3 is 0 Å². The molecule has 106 valence electrons. The SMILES string of the molecule is CCNC1CCN(c2c(C)cccc2C(C)C)CC1. The Labute approximate surface area is 118 Å². The molecule has 0 aliphatic carbocycles. The molecule has 1 aromatic carbocycles. The van der Waals surface area contributed by atoms with Crippen LogP contribution in [-0.2, 0) is 0 Å². The molecule has 0 saturated carbocycles. The molecule has 1 aliphatic rings. The number of piperidine rings is 1. The summed E-state index contributed by atoms with van der Waals surface area (Å²) in [6, 6.07) is 7.45. The number of nitrogens with zero attached hydrogens (tertiary/aromatic N) is 1. The first kappa shape index (κ1) is 14.4. The minimum atomic E-state index is 0.599. The van der Waals surface area contributed by atoms with Crippen LogP contribution in [0.3, 0.4) is 0 Å². The fourth-order valence-corrected chi connectivity index (χ4v) is 3.18. The van der Waals surface area contributed by atoms with Gasteiger partial charge in [-0.2, -0.15) is 0 Å². The van der Waals surface area contributed by atoms with E-state index in [0.717, 1.165) is 6.54 Å². The largest absolute Gasteiger partial charge is 0.371 e. The Balaban J connectivity index is 2.15. The van der Waals surface area contributed by atoms with Crippen molar-refractivity contribution in [3.63, 3.8) is 0 Å². The third kappa shape index (κ3) is 3.30. The fraction of sp³-hybridized carbons (Fsp3) is 0.647. The zero-order chi connectivity index (χ0) is 13.8. The Bertz CT molecular complexity index is 404. The lowest BCUT2D eigenvalue weighted by Crippen LogP contribution is -2.43. The van der Waals surface area contributed by atoms with Gasteiger partial charge in [0.15, 0.2) is 0 Å². The molecule has 1 aliphatic heterocycles. The van der Waals surface area contributed by atoms with Crippen LogP contribution in [0.1, 0.15) is 50.7 Å². The summed E-state index contributed by atoms with van der Waals surface area (Å²) in [6.07, 6.45) is 2.53. The van der Waals surface area contributed by atoms with Gasteiger partial charge in [0.1, 0.15) is 0 Å². The van der Waals surface area contributed by atoms with Gasteiger partial charge in [-0.05, 0) is 43.4 Å². The summed E-state index contributed by atoms with van der Waals surface area (Å²) in [5, 5.41) is 3.58. The van der Waals surface area contributed by atoms with Crippen molar-refractivity contribution in [1.82, 2.24) is 5.32 Å². The van der Waals surface area contributed by atoms with Crippen LogP contribution in [0, 0.1) is 6.92 Å². The van der Waals surface area contributed by atoms with E-state index in [2.05, 4.69) is 56.1 Å². The summed E-state index contributed by atoms with van der Waals surface area (Å²) in [6.45, 7) is 12.5. The number of hydrogen-bond donors (Lipinski definition) is 1. The molecule has 0 aromatic heterocycles. The van der Waals surface area contributed by atoms with Gasteiger partial charge in [0.25, 0.3) is 0 Å². The standard InChI is InChI=1S/C17H28N2/c1-5-18-15-9-11-19(12-10-15)17-14(4)7-6-8-16(17)13(2)3/h6-8,13,15,18H,5,9-12H2,1-4H3. The Morgan fingerprint density at radius 3 is 2.53 bits per heavy atom. The molecule has 1 saturated heterocycles. The zero-order valence-corrected chi connectivity index (χ0v) is 12.9. The van der Waals surface area contributed by atoms with Crippen LogP contribution in [0.15, 0.2) is 18.2 Å². The highest BCUT2D eigenvalue weighted by atomic mass is 15.2. The van der Waals surface area contributed by atoms with Gasteiger partial charge in [0.05, 0.1) is 0 Å². The highest BCUT2D eigenvalue weighted by Gasteiger charge is 2.22. The molecule has 1 fully saturated rings. The number of rotatable bonds is 4. The number of hydrogen-bond acceptors (Lipinski definition) is 2. The van der Waals surface area contributed by atoms with Crippen LogP contribution in [0.25, 0.3) is 0 Å². The second-order valence-corrected chi connectivity index (χ2v) is 5.99. The number of aryl methyl sites for hydroxylation is 1. The summed E-state index contributed by atoms with van der Waals surface area (Å²) in [4.78, 5) is 2.60. The summed E-state index contributed by atoms with van der Waals surface area (Å²) in [5.41, 5.74) is 4.42. The second kappa shape index (κ2) is 6.42. The van der Waals surface area contributed by atoms with Crippen molar-refractivity contribution < 1.29 is 0 Å². The van der Waals surface area contributed by atoms with Crippen LogP contribution in [0.4, 0.5) is 5.69 Å². The Hall–Kier alpha value is -1.02. The first-order chi connectivity index (χ1) is 9.13. The first-order valence-electron chi connectivity index (χ1n) is 7.71. The lowest BCUT2D eigenvalue weighted by Gasteiger charge is -2.36. The lowest BCUT2D eigenvalue weighted by molar-refractivity contribution is 0.423. The van der Waals surface area contributed by atoms with Gasteiger partial charge in [-0.1, -0.05) is 39.0 Å². The first-order valence-corrected chi connectivity index (χ1v) is 7.71.